The molecule has 0 saturated heterocycles. The van der Waals surface area contributed by atoms with Crippen LogP contribution in [-0.4, -0.2) is 66.0 Å². The highest BCUT2D eigenvalue weighted by Crippen LogP contribution is 2.24. The number of carboxylic acid groups (broad SMARTS) is 1. The van der Waals surface area contributed by atoms with Crippen molar-refractivity contribution in [2.75, 3.05) is 19.6 Å². The van der Waals surface area contributed by atoms with Crippen molar-refractivity contribution in [2.45, 2.75) is 51.6 Å². The number of rotatable bonds is 13. The van der Waals surface area contributed by atoms with Crippen LogP contribution in [0.1, 0.15) is 50.4 Å². The van der Waals surface area contributed by atoms with E-state index in [0.29, 0.717) is 5.56 Å². The lowest BCUT2D eigenvalue weighted by Gasteiger charge is -2.23. The molecule has 0 radical (unpaired) electrons. The fourth-order valence-corrected chi connectivity index (χ4v) is 3.72. The Balaban J connectivity index is 1.96. The summed E-state index contributed by atoms with van der Waals surface area (Å²) < 4.78 is 28.5. The number of hydrogen-bond acceptors (Lipinski definition) is 5. The van der Waals surface area contributed by atoms with E-state index in [-0.39, 0.29) is 50.0 Å². The Morgan fingerprint density at radius 1 is 0.854 bits per heavy atom. The molecule has 0 saturated carbocycles. The minimum Gasteiger partial charge on any atom is -0.465 e. The van der Waals surface area contributed by atoms with Gasteiger partial charge in [0.15, 0.2) is 0 Å². The van der Waals surface area contributed by atoms with E-state index in [9.17, 15) is 32.8 Å². The van der Waals surface area contributed by atoms with Gasteiger partial charge in [-0.2, -0.15) is 0 Å². The molecule has 0 aliphatic rings. The summed E-state index contributed by atoms with van der Waals surface area (Å²) in [7, 11) is 0. The molecule has 2 rings (SSSR count). The highest BCUT2D eigenvalue weighted by atomic mass is 19.1. The summed E-state index contributed by atoms with van der Waals surface area (Å²) in [4.78, 5) is 60.7. The average Bonchev–Trinajstić information content (AvgIpc) is 2.88. The third-order valence-electron chi connectivity index (χ3n) is 5.52. The van der Waals surface area contributed by atoms with E-state index in [1.807, 2.05) is 0 Å². The molecule has 0 aromatic heterocycles. The molecule has 1 atom stereocenters. The van der Waals surface area contributed by atoms with Crippen molar-refractivity contribution in [1.82, 2.24) is 26.6 Å². The molecule has 11 nitrogen and oxygen atoms in total. The van der Waals surface area contributed by atoms with E-state index in [2.05, 4.69) is 26.6 Å². The molecule has 0 spiro atoms. The van der Waals surface area contributed by atoms with Gasteiger partial charge < -0.3 is 31.7 Å². The minimum atomic E-state index is -1.23. The molecular weight excluding hydrogens is 540 g/mol. The number of amides is 5. The molecule has 0 bridgehead atoms. The molecule has 0 heterocycles. The lowest BCUT2D eigenvalue weighted by molar-refractivity contribution is -0.132. The number of halogens is 2. The number of carbonyl (C=O) groups excluding carboxylic acids is 4. The van der Waals surface area contributed by atoms with Crippen LogP contribution in [0.25, 0.3) is 11.1 Å². The van der Waals surface area contributed by atoms with Gasteiger partial charge in [-0.1, -0.05) is 24.3 Å². The Hall–Kier alpha value is -4.55. The van der Waals surface area contributed by atoms with Crippen molar-refractivity contribution in [3.05, 3.63) is 59.7 Å². The molecule has 6 N–H and O–H groups in total. The number of benzene rings is 2. The number of carbonyl (C=O) groups is 5. The third kappa shape index (κ3) is 11.6. The van der Waals surface area contributed by atoms with Crippen LogP contribution in [0.3, 0.4) is 0 Å². The van der Waals surface area contributed by atoms with Gasteiger partial charge in [0, 0.05) is 37.2 Å². The summed E-state index contributed by atoms with van der Waals surface area (Å²) >= 11 is 0. The normalized spacial score (nSPS) is 11.6. The molecule has 0 aliphatic heterocycles. The van der Waals surface area contributed by atoms with Crippen LogP contribution in [0.15, 0.2) is 42.5 Å². The van der Waals surface area contributed by atoms with Gasteiger partial charge in [0.1, 0.15) is 17.7 Å². The lowest BCUT2D eigenvalue weighted by Crippen LogP contribution is -2.51. The molecule has 0 fully saturated rings. The Bertz CT molecular complexity index is 1260. The zero-order valence-electron chi connectivity index (χ0n) is 23.1. The Labute approximate surface area is 236 Å². The first-order chi connectivity index (χ1) is 19.3. The maximum atomic E-state index is 14.4. The van der Waals surface area contributed by atoms with Gasteiger partial charge in [0.05, 0.1) is 12.0 Å². The molecule has 41 heavy (non-hydrogen) atoms. The quantitative estimate of drug-likeness (QED) is 0.201. The maximum Gasteiger partial charge on any atom is 0.404 e. The molecular formula is C28H35F2N5O6. The topological polar surface area (TPSA) is 166 Å². The van der Waals surface area contributed by atoms with Gasteiger partial charge >= 0.3 is 6.09 Å². The van der Waals surface area contributed by atoms with Gasteiger partial charge in [-0.25, -0.2) is 13.6 Å². The van der Waals surface area contributed by atoms with E-state index in [1.165, 1.54) is 30.3 Å². The average molecular weight is 576 g/mol. The molecule has 2 aromatic rings. The van der Waals surface area contributed by atoms with Crippen molar-refractivity contribution in [1.29, 1.82) is 0 Å². The highest BCUT2D eigenvalue weighted by Gasteiger charge is 2.25. The van der Waals surface area contributed by atoms with Gasteiger partial charge in [-0.05, 0) is 51.0 Å². The van der Waals surface area contributed by atoms with Crippen LogP contribution in [0, 0.1) is 11.6 Å². The minimum absolute atomic E-state index is 0.0353. The molecule has 13 heteroatoms. The zero-order chi connectivity index (χ0) is 30.6. The van der Waals surface area contributed by atoms with Crippen LogP contribution >= 0.6 is 0 Å². The van der Waals surface area contributed by atoms with Crippen LogP contribution in [0.5, 0.6) is 0 Å². The fourth-order valence-electron chi connectivity index (χ4n) is 3.72. The second-order valence-electron chi connectivity index (χ2n) is 10.2. The number of hydrogen-bond donors (Lipinski definition) is 6. The van der Waals surface area contributed by atoms with Crippen molar-refractivity contribution in [2.24, 2.45) is 0 Å². The van der Waals surface area contributed by atoms with Crippen molar-refractivity contribution in [3.63, 3.8) is 0 Å². The molecule has 2 aromatic carbocycles. The summed E-state index contributed by atoms with van der Waals surface area (Å²) in [6.45, 7) is 5.09. The molecule has 0 aliphatic carbocycles. The third-order valence-corrected chi connectivity index (χ3v) is 5.52. The van der Waals surface area contributed by atoms with Crippen molar-refractivity contribution >= 4 is 29.7 Å². The molecule has 222 valence electrons. The summed E-state index contributed by atoms with van der Waals surface area (Å²) in [5, 5.41) is 20.9. The van der Waals surface area contributed by atoms with Gasteiger partial charge in [-0.15, -0.1) is 0 Å². The predicted molar refractivity (Wildman–Crippen MR) is 147 cm³/mol. The first-order valence-corrected chi connectivity index (χ1v) is 12.9. The SMILES string of the molecule is CC(C)(C)NC(=O)CC(NC(=O)CCCNC(=O)O)C(=O)NCCNC(=O)c1cc(-c2ccccc2F)ccc1F. The van der Waals surface area contributed by atoms with E-state index < -0.39 is 52.9 Å². The predicted octanol–water partition coefficient (Wildman–Crippen LogP) is 2.32. The summed E-state index contributed by atoms with van der Waals surface area (Å²) in [6.07, 6.45) is -1.49. The Kier molecular flexibility index (Phi) is 12.2. The highest BCUT2D eigenvalue weighted by molar-refractivity contribution is 5.96. The van der Waals surface area contributed by atoms with Gasteiger partial charge in [-0.3, -0.25) is 19.2 Å². The Morgan fingerprint density at radius 2 is 1.54 bits per heavy atom. The maximum absolute atomic E-state index is 14.4. The van der Waals surface area contributed by atoms with Gasteiger partial charge in [0.25, 0.3) is 5.91 Å². The van der Waals surface area contributed by atoms with Crippen LogP contribution in [0.2, 0.25) is 0 Å². The van der Waals surface area contributed by atoms with Crippen LogP contribution in [-0.2, 0) is 14.4 Å². The van der Waals surface area contributed by atoms with E-state index in [4.69, 9.17) is 5.11 Å². The monoisotopic (exact) mass is 575 g/mol. The second-order valence-corrected chi connectivity index (χ2v) is 10.2. The smallest absolute Gasteiger partial charge is 0.404 e. The fraction of sp³-hybridized carbons (Fsp3) is 0.393. The Morgan fingerprint density at radius 3 is 2.20 bits per heavy atom. The molecule has 5 amide bonds. The van der Waals surface area contributed by atoms with Crippen molar-refractivity contribution in [3.8, 4) is 11.1 Å². The summed E-state index contributed by atoms with van der Waals surface area (Å²) in [5.41, 5.74) is -0.365. The number of nitrogens with one attached hydrogen (secondary N) is 5. The van der Waals surface area contributed by atoms with Crippen molar-refractivity contribution < 1.29 is 37.9 Å². The van der Waals surface area contributed by atoms with E-state index in [0.717, 1.165) is 6.07 Å². The van der Waals surface area contributed by atoms with Crippen LogP contribution < -0.4 is 26.6 Å². The summed E-state index contributed by atoms with van der Waals surface area (Å²) in [6, 6.07) is 8.30. The van der Waals surface area contributed by atoms with Gasteiger partial charge in [0.2, 0.25) is 17.7 Å². The summed E-state index contributed by atoms with van der Waals surface area (Å²) in [5.74, 6) is -3.84. The molecule has 1 unspecified atom stereocenters. The standard InChI is InChI=1S/C28H35F2N5O6/c1-28(2,3)35-24(37)16-22(34-23(36)9-6-12-33-27(40)41)26(39)32-14-13-31-25(38)19-15-17(10-11-21(19)30)18-7-4-5-8-20(18)29/h4-5,7-8,10-11,15,22,33H,6,9,12-14,16H2,1-3H3,(H,31,38)(H,32,39)(H,34,36)(H,35,37)(H,40,41). The van der Waals surface area contributed by atoms with E-state index >= 15 is 0 Å². The first kappa shape index (κ1) is 32.7. The largest absolute Gasteiger partial charge is 0.465 e. The zero-order valence-corrected chi connectivity index (χ0v) is 23.1. The lowest BCUT2D eigenvalue weighted by atomic mass is 10.0. The second kappa shape index (κ2) is 15.3. The first-order valence-electron chi connectivity index (χ1n) is 12.9. The van der Waals surface area contributed by atoms with Crippen LogP contribution in [0.4, 0.5) is 13.6 Å². The van der Waals surface area contributed by atoms with E-state index in [1.54, 1.807) is 26.8 Å².